The molecule has 0 aromatic carbocycles. The van der Waals surface area contributed by atoms with E-state index in [4.69, 9.17) is 21.8 Å². The molecule has 4 atom stereocenters. The number of fused-ring (bicyclic) bond motifs is 2. The summed E-state index contributed by atoms with van der Waals surface area (Å²) in [7, 11) is 4.57. The summed E-state index contributed by atoms with van der Waals surface area (Å²) in [5.74, 6) is -1.23. The van der Waals surface area contributed by atoms with E-state index in [9.17, 15) is 18.4 Å². The third-order valence-electron chi connectivity index (χ3n) is 10.0. The Morgan fingerprint density at radius 2 is 1.11 bits per heavy atom. The van der Waals surface area contributed by atoms with E-state index in [2.05, 4.69) is 48.0 Å². The third-order valence-corrected chi connectivity index (χ3v) is 10.0. The molecule has 2 aliphatic heterocycles. The van der Waals surface area contributed by atoms with Crippen LogP contribution in [0.1, 0.15) is 83.2 Å². The summed E-state index contributed by atoms with van der Waals surface area (Å²) >= 11 is 0. The molecule has 10 N–H and O–H groups in total. The minimum Gasteiger partial charge on any atom is -0.870 e. The zero-order valence-electron chi connectivity index (χ0n) is 32.0. The van der Waals surface area contributed by atoms with Crippen molar-refractivity contribution in [2.75, 3.05) is 17.7 Å². The number of carbonyl (C=O) groups excluding carboxylic acids is 2. The zero-order chi connectivity index (χ0) is 39.1. The molecule has 2 saturated carbocycles. The number of hydrogen-bond acceptors (Lipinski definition) is 13. The summed E-state index contributed by atoms with van der Waals surface area (Å²) in [5.41, 5.74) is 15.9. The van der Waals surface area contributed by atoms with Crippen molar-refractivity contribution in [2.24, 2.45) is 25.6 Å². The van der Waals surface area contributed by atoms with Gasteiger partial charge in [0.25, 0.3) is 11.8 Å². The Hall–Kier alpha value is -4.55. The van der Waals surface area contributed by atoms with Gasteiger partial charge in [-0.1, -0.05) is 25.7 Å². The van der Waals surface area contributed by atoms with Crippen molar-refractivity contribution in [1.29, 1.82) is 5.26 Å². The maximum absolute atomic E-state index is 15.0. The number of pyridine rings is 2. The van der Waals surface area contributed by atoms with Gasteiger partial charge in [-0.3, -0.25) is 19.0 Å². The molecule has 20 heteroatoms. The number of hydrogen-bond donors (Lipinski definition) is 7. The first-order valence-electron chi connectivity index (χ1n) is 17.8. The van der Waals surface area contributed by atoms with Crippen LogP contribution in [0, 0.1) is 23.5 Å². The second-order valence-electron chi connectivity index (χ2n) is 13.5. The number of aryl methyl sites for hydroxylation is 2. The van der Waals surface area contributed by atoms with Gasteiger partial charge in [-0.15, -0.1) is 0 Å². The summed E-state index contributed by atoms with van der Waals surface area (Å²) in [5, 5.41) is 33.5. The maximum atomic E-state index is 15.0. The first-order chi connectivity index (χ1) is 26.1. The fourth-order valence-electron chi connectivity index (χ4n) is 7.28. The molecule has 6 heterocycles. The van der Waals surface area contributed by atoms with E-state index in [1.165, 1.54) is 0 Å². The van der Waals surface area contributed by atoms with Crippen molar-refractivity contribution in [3.63, 3.8) is 0 Å². The van der Waals surface area contributed by atoms with Gasteiger partial charge in [0.2, 0.25) is 0 Å². The van der Waals surface area contributed by atoms with Crippen molar-refractivity contribution in [2.45, 2.75) is 88.6 Å². The average molecular weight is 788 g/mol. The average Bonchev–Trinajstić information content (AvgIpc) is 3.99. The topological polar surface area (TPSA) is 270 Å². The first-order valence-corrected chi connectivity index (χ1v) is 17.8. The summed E-state index contributed by atoms with van der Waals surface area (Å²) in [6.45, 7) is 3.84. The molecule has 0 bridgehead atoms. The van der Waals surface area contributed by atoms with Crippen LogP contribution < -0.4 is 62.3 Å². The summed E-state index contributed by atoms with van der Waals surface area (Å²) in [4.78, 5) is 33.3. The number of anilines is 2. The Labute approximate surface area is 345 Å². The van der Waals surface area contributed by atoms with Crippen LogP contribution >= 0.6 is 0 Å². The fraction of sp³-hybridized carbons (Fsp3) is 0.472. The third kappa shape index (κ3) is 9.69. The second kappa shape index (κ2) is 20.6. The SMILES string of the molecule is C#N.CO.Cn1cc(-c2nc(N[C@@H]3CCCC[C@@H]3N)c(F)c3c2C(=O)NC3)cn1.Cn1cc(-c2nc(N[C@@H]3CCCC[C@@H]3N)c(F)c3c2C(=O)NC3)cn1.[Na+].[OH-]. The molecule has 8 rings (SSSR count). The van der Waals surface area contributed by atoms with Crippen LogP contribution in [-0.4, -0.2) is 83.2 Å². The molecule has 0 unspecified atom stereocenters. The number of aliphatic hydroxyl groups excluding tert-OH is 1. The van der Waals surface area contributed by atoms with Crippen LogP contribution in [0.3, 0.4) is 0 Å². The van der Waals surface area contributed by atoms with Crippen LogP contribution in [0.2, 0.25) is 0 Å². The van der Waals surface area contributed by atoms with E-state index in [1.54, 1.807) is 48.2 Å². The number of halogens is 2. The van der Waals surface area contributed by atoms with E-state index < -0.39 is 11.6 Å². The molecular formula is C36H48F2N13NaO4. The predicted octanol–water partition coefficient (Wildman–Crippen LogP) is -0.332. The molecular weight excluding hydrogens is 739 g/mol. The number of aliphatic hydroxyl groups is 1. The van der Waals surface area contributed by atoms with Gasteiger partial charge in [0.1, 0.15) is 0 Å². The number of nitriles is 1. The minimum atomic E-state index is -0.473. The smallest absolute Gasteiger partial charge is 0.870 e. The molecule has 4 aliphatic rings. The number of nitrogens with zero attached hydrogens (tertiary/aromatic N) is 7. The number of nitrogens with two attached hydrogens (primary N) is 2. The number of nitrogens with one attached hydrogen (secondary N) is 4. The quantitative estimate of drug-likeness (QED) is 0.124. The van der Waals surface area contributed by atoms with Gasteiger partial charge < -0.3 is 43.3 Å². The van der Waals surface area contributed by atoms with Crippen molar-refractivity contribution in [3.8, 4) is 29.1 Å². The molecule has 4 aromatic rings. The van der Waals surface area contributed by atoms with Gasteiger partial charge in [-0.25, -0.2) is 24.0 Å². The molecule has 2 amide bonds. The normalized spacial score (nSPS) is 20.3. The molecule has 56 heavy (non-hydrogen) atoms. The van der Waals surface area contributed by atoms with Gasteiger partial charge in [-0.05, 0) is 25.7 Å². The van der Waals surface area contributed by atoms with Gasteiger partial charge in [0, 0.05) is 99.7 Å². The number of amides is 2. The first kappa shape index (κ1) is 45.8. The van der Waals surface area contributed by atoms with Gasteiger partial charge >= 0.3 is 29.6 Å². The molecule has 296 valence electrons. The number of aromatic nitrogens is 6. The van der Waals surface area contributed by atoms with Gasteiger partial charge in [0.05, 0.1) is 34.9 Å². The van der Waals surface area contributed by atoms with Crippen LogP contribution in [-0.2, 0) is 27.2 Å². The van der Waals surface area contributed by atoms with Crippen LogP contribution in [0.15, 0.2) is 24.8 Å². The molecule has 0 saturated heterocycles. The minimum absolute atomic E-state index is 0. The van der Waals surface area contributed by atoms with E-state index in [0.29, 0.717) is 44.8 Å². The molecule has 17 nitrogen and oxygen atoms in total. The molecule has 0 spiro atoms. The van der Waals surface area contributed by atoms with Crippen LogP contribution in [0.4, 0.5) is 20.4 Å². The van der Waals surface area contributed by atoms with Crippen molar-refractivity contribution in [1.82, 2.24) is 40.2 Å². The Kier molecular flexibility index (Phi) is 16.8. The van der Waals surface area contributed by atoms with Gasteiger partial charge in [0.15, 0.2) is 23.3 Å². The summed E-state index contributed by atoms with van der Waals surface area (Å²) in [6, 6.07) is -0.0733. The monoisotopic (exact) mass is 787 g/mol. The predicted molar refractivity (Wildman–Crippen MR) is 200 cm³/mol. The zero-order valence-corrected chi connectivity index (χ0v) is 34.0. The van der Waals surface area contributed by atoms with Crippen LogP contribution in [0.25, 0.3) is 22.5 Å². The molecule has 4 aromatic heterocycles. The Morgan fingerprint density at radius 3 is 1.43 bits per heavy atom. The van der Waals surface area contributed by atoms with E-state index in [1.807, 2.05) is 0 Å². The van der Waals surface area contributed by atoms with Gasteiger partial charge in [-0.2, -0.15) is 10.2 Å². The van der Waals surface area contributed by atoms with E-state index >= 15 is 0 Å². The largest absolute Gasteiger partial charge is 1.00 e. The summed E-state index contributed by atoms with van der Waals surface area (Å²) < 4.78 is 33.2. The maximum Gasteiger partial charge on any atom is 1.00 e. The van der Waals surface area contributed by atoms with Crippen molar-refractivity contribution in [3.05, 3.63) is 58.7 Å². The molecule has 2 aliphatic carbocycles. The summed E-state index contributed by atoms with van der Waals surface area (Å²) in [6.07, 6.45) is 14.7. The Balaban J connectivity index is 0.000000267. The molecule has 2 fully saturated rings. The second-order valence-corrected chi connectivity index (χ2v) is 13.5. The van der Waals surface area contributed by atoms with Crippen molar-refractivity contribution < 1.29 is 58.5 Å². The van der Waals surface area contributed by atoms with E-state index in [-0.39, 0.29) is 95.7 Å². The Morgan fingerprint density at radius 1 is 0.750 bits per heavy atom. The Bertz CT molecular complexity index is 1870. The van der Waals surface area contributed by atoms with Crippen LogP contribution in [0.5, 0.6) is 0 Å². The fourth-order valence-corrected chi connectivity index (χ4v) is 7.28. The standard InChI is InChI=1S/2C17H21FN6O.CHN.CH4O.Na.H2O/c2*1-24-8-9(6-21-24)15-13-10(7-20-17(13)25)14(18)16(23-15)22-12-5-3-2-4-11(12)19;2*1-2;;/h2*6,8,11-12H,2-5,7,19H2,1H3,(H,20,25)(H,22,23);1H;2H,1H3;;1H2/q;;;;+1;/p-1/t2*11-,12+;;;;/m00..../s1. The number of carbonyl (C=O) groups is 2. The van der Waals surface area contributed by atoms with Crippen molar-refractivity contribution >= 4 is 23.5 Å². The molecule has 0 radical (unpaired) electrons. The number of rotatable bonds is 6. The van der Waals surface area contributed by atoms with E-state index in [0.717, 1.165) is 58.5 Å².